The van der Waals surface area contributed by atoms with E-state index in [1.54, 1.807) is 18.2 Å². The zero-order chi connectivity index (χ0) is 15.4. The van der Waals surface area contributed by atoms with Crippen molar-refractivity contribution in [2.24, 2.45) is 0 Å². The van der Waals surface area contributed by atoms with E-state index in [9.17, 15) is 8.78 Å². The SMILES string of the molecule is CCNC(Cc1cccc(F)c1)c1ccc(Br)c(Cl)c1F. The Morgan fingerprint density at radius 3 is 2.67 bits per heavy atom. The molecule has 0 aliphatic carbocycles. The second kappa shape index (κ2) is 7.34. The Labute approximate surface area is 136 Å². The molecule has 21 heavy (non-hydrogen) atoms. The maximum Gasteiger partial charge on any atom is 0.147 e. The van der Waals surface area contributed by atoms with Gasteiger partial charge in [0.15, 0.2) is 0 Å². The van der Waals surface area contributed by atoms with Gasteiger partial charge in [-0.3, -0.25) is 0 Å². The maximum atomic E-state index is 14.3. The van der Waals surface area contributed by atoms with Gasteiger partial charge in [-0.15, -0.1) is 0 Å². The van der Waals surface area contributed by atoms with Gasteiger partial charge in [0, 0.05) is 16.1 Å². The summed E-state index contributed by atoms with van der Waals surface area (Å²) in [5, 5.41) is 3.28. The molecule has 1 atom stereocenters. The standard InChI is InChI=1S/C16H15BrClF2N/c1-2-21-14(9-10-4-3-5-11(19)8-10)12-6-7-13(17)15(18)16(12)20/h3-8,14,21H,2,9H2,1H3. The normalized spacial score (nSPS) is 12.4. The van der Waals surface area contributed by atoms with Gasteiger partial charge >= 0.3 is 0 Å². The number of hydrogen-bond acceptors (Lipinski definition) is 1. The third kappa shape index (κ3) is 4.02. The van der Waals surface area contributed by atoms with Gasteiger partial charge in [0.25, 0.3) is 0 Å². The van der Waals surface area contributed by atoms with Crippen LogP contribution in [0.25, 0.3) is 0 Å². The highest BCUT2D eigenvalue weighted by Gasteiger charge is 2.19. The van der Waals surface area contributed by atoms with Gasteiger partial charge in [0.2, 0.25) is 0 Å². The monoisotopic (exact) mass is 373 g/mol. The van der Waals surface area contributed by atoms with Gasteiger partial charge in [-0.2, -0.15) is 0 Å². The summed E-state index contributed by atoms with van der Waals surface area (Å²) in [7, 11) is 0. The molecule has 0 aliphatic rings. The van der Waals surface area contributed by atoms with Crippen LogP contribution >= 0.6 is 27.5 Å². The van der Waals surface area contributed by atoms with E-state index in [1.165, 1.54) is 12.1 Å². The lowest BCUT2D eigenvalue weighted by molar-refractivity contribution is 0.508. The number of benzene rings is 2. The third-order valence-corrected chi connectivity index (χ3v) is 4.48. The van der Waals surface area contributed by atoms with E-state index < -0.39 is 5.82 Å². The number of nitrogens with one attached hydrogen (secondary N) is 1. The molecule has 1 nitrogen and oxygen atoms in total. The molecule has 2 aromatic carbocycles. The quantitative estimate of drug-likeness (QED) is 0.703. The zero-order valence-corrected chi connectivity index (χ0v) is 13.8. The fourth-order valence-electron chi connectivity index (χ4n) is 2.25. The molecular weight excluding hydrogens is 360 g/mol. The predicted octanol–water partition coefficient (Wildman–Crippen LogP) is 5.27. The van der Waals surface area contributed by atoms with Gasteiger partial charge < -0.3 is 5.32 Å². The molecule has 0 saturated carbocycles. The Morgan fingerprint density at radius 2 is 2.00 bits per heavy atom. The molecule has 112 valence electrons. The van der Waals surface area contributed by atoms with Crippen LogP contribution in [0.4, 0.5) is 8.78 Å². The topological polar surface area (TPSA) is 12.0 Å². The first-order valence-electron chi connectivity index (χ1n) is 6.64. The maximum absolute atomic E-state index is 14.3. The van der Waals surface area contributed by atoms with E-state index in [4.69, 9.17) is 11.6 Å². The summed E-state index contributed by atoms with van der Waals surface area (Å²) in [6, 6.07) is 9.48. The van der Waals surface area contributed by atoms with E-state index in [2.05, 4.69) is 21.2 Å². The van der Waals surface area contributed by atoms with Crippen LogP contribution in [0, 0.1) is 11.6 Å². The molecule has 0 spiro atoms. The van der Waals surface area contributed by atoms with Crippen molar-refractivity contribution in [1.82, 2.24) is 5.32 Å². The second-order valence-electron chi connectivity index (χ2n) is 4.71. The minimum Gasteiger partial charge on any atom is -0.310 e. The molecule has 2 rings (SSSR count). The summed E-state index contributed by atoms with van der Waals surface area (Å²) in [4.78, 5) is 0. The Bertz CT molecular complexity index is 634. The first-order chi connectivity index (χ1) is 10.0. The van der Waals surface area contributed by atoms with Crippen LogP contribution in [0.5, 0.6) is 0 Å². The highest BCUT2D eigenvalue weighted by Crippen LogP contribution is 2.31. The van der Waals surface area contributed by atoms with Crippen LogP contribution in [-0.4, -0.2) is 6.54 Å². The van der Waals surface area contributed by atoms with E-state index in [0.29, 0.717) is 23.0 Å². The van der Waals surface area contributed by atoms with E-state index in [0.717, 1.165) is 5.56 Å². The number of hydrogen-bond donors (Lipinski definition) is 1. The highest BCUT2D eigenvalue weighted by atomic mass is 79.9. The zero-order valence-electron chi connectivity index (χ0n) is 11.5. The summed E-state index contributed by atoms with van der Waals surface area (Å²) in [6.45, 7) is 2.62. The average Bonchev–Trinajstić information content (AvgIpc) is 2.45. The minimum atomic E-state index is -0.451. The van der Waals surface area contributed by atoms with E-state index in [1.807, 2.05) is 13.0 Å². The molecule has 0 heterocycles. The minimum absolute atomic E-state index is 0.0645. The predicted molar refractivity (Wildman–Crippen MR) is 85.6 cm³/mol. The number of rotatable bonds is 5. The molecule has 0 amide bonds. The van der Waals surface area contributed by atoms with Gasteiger partial charge in [0.05, 0.1) is 5.02 Å². The van der Waals surface area contributed by atoms with Crippen LogP contribution in [-0.2, 0) is 6.42 Å². The Morgan fingerprint density at radius 1 is 1.24 bits per heavy atom. The molecule has 5 heteroatoms. The summed E-state index contributed by atoms with van der Waals surface area (Å²) in [6.07, 6.45) is 0.487. The van der Waals surface area contributed by atoms with E-state index in [-0.39, 0.29) is 16.9 Å². The highest BCUT2D eigenvalue weighted by molar-refractivity contribution is 9.10. The molecule has 1 unspecified atom stereocenters. The van der Waals surface area contributed by atoms with Crippen LogP contribution in [0.3, 0.4) is 0 Å². The van der Waals surface area contributed by atoms with Gasteiger partial charge in [-0.25, -0.2) is 8.78 Å². The van der Waals surface area contributed by atoms with Crippen molar-refractivity contribution in [2.45, 2.75) is 19.4 Å². The van der Waals surface area contributed by atoms with Crippen LogP contribution in [0.2, 0.25) is 5.02 Å². The largest absolute Gasteiger partial charge is 0.310 e. The lowest BCUT2D eigenvalue weighted by Gasteiger charge is -2.20. The third-order valence-electron chi connectivity index (χ3n) is 3.22. The van der Waals surface area contributed by atoms with Crippen molar-refractivity contribution in [1.29, 1.82) is 0 Å². The summed E-state index contributed by atoms with van der Waals surface area (Å²) >= 11 is 9.15. The lowest BCUT2D eigenvalue weighted by atomic mass is 9.98. The first-order valence-corrected chi connectivity index (χ1v) is 7.81. The fraction of sp³-hybridized carbons (Fsp3) is 0.250. The van der Waals surface area contributed by atoms with Gasteiger partial charge in [-0.1, -0.05) is 36.7 Å². The summed E-state index contributed by atoms with van der Waals surface area (Å²) in [5.41, 5.74) is 1.29. The Kier molecular flexibility index (Phi) is 5.73. The van der Waals surface area contributed by atoms with Gasteiger partial charge in [0.1, 0.15) is 11.6 Å². The van der Waals surface area contributed by atoms with Crippen LogP contribution < -0.4 is 5.32 Å². The Hall–Kier alpha value is -0.970. The molecule has 0 saturated heterocycles. The molecule has 0 radical (unpaired) electrons. The van der Waals surface area contributed by atoms with Crippen molar-refractivity contribution in [2.75, 3.05) is 6.54 Å². The molecule has 0 aromatic heterocycles. The first kappa shape index (κ1) is 16.4. The number of likely N-dealkylation sites (N-methyl/N-ethyl adjacent to an activating group) is 1. The van der Waals surface area contributed by atoms with E-state index >= 15 is 0 Å². The average molecular weight is 375 g/mol. The van der Waals surface area contributed by atoms with Crippen LogP contribution in [0.1, 0.15) is 24.1 Å². The summed E-state index contributed by atoms with van der Waals surface area (Å²) in [5.74, 6) is -0.745. The summed E-state index contributed by atoms with van der Waals surface area (Å²) < 4.78 is 28.1. The van der Waals surface area contributed by atoms with Gasteiger partial charge in [-0.05, 0) is 52.7 Å². The lowest BCUT2D eigenvalue weighted by Crippen LogP contribution is -2.24. The van der Waals surface area contributed by atoms with Crippen molar-refractivity contribution in [3.8, 4) is 0 Å². The Balaban J connectivity index is 2.33. The van der Waals surface area contributed by atoms with Crippen molar-refractivity contribution in [3.05, 3.63) is 68.7 Å². The van der Waals surface area contributed by atoms with Crippen molar-refractivity contribution >= 4 is 27.5 Å². The number of halogens is 4. The second-order valence-corrected chi connectivity index (χ2v) is 5.94. The van der Waals surface area contributed by atoms with Crippen molar-refractivity contribution < 1.29 is 8.78 Å². The molecular formula is C16H15BrClF2N. The van der Waals surface area contributed by atoms with Crippen molar-refractivity contribution in [3.63, 3.8) is 0 Å². The molecule has 0 bridgehead atoms. The molecule has 0 fully saturated rings. The molecule has 1 N–H and O–H groups in total. The fourth-order valence-corrected chi connectivity index (χ4v) is 2.73. The smallest absolute Gasteiger partial charge is 0.147 e. The molecule has 2 aromatic rings. The van der Waals surface area contributed by atoms with Crippen LogP contribution in [0.15, 0.2) is 40.9 Å². The molecule has 0 aliphatic heterocycles.